The van der Waals surface area contributed by atoms with Crippen LogP contribution in [0.2, 0.25) is 0 Å². The van der Waals surface area contributed by atoms with Gasteiger partial charge in [-0.05, 0) is 44.9 Å². The van der Waals surface area contributed by atoms with Crippen molar-refractivity contribution in [3.63, 3.8) is 0 Å². The minimum Gasteiger partial charge on any atom is -0.490 e. The quantitative estimate of drug-likeness (QED) is 0.756. The second kappa shape index (κ2) is 8.00. The predicted molar refractivity (Wildman–Crippen MR) is 93.1 cm³/mol. The number of carbonyl (C=O) groups excluding carboxylic acids is 1. The van der Waals surface area contributed by atoms with Crippen molar-refractivity contribution >= 4 is 5.91 Å². The summed E-state index contributed by atoms with van der Waals surface area (Å²) in [7, 11) is 0. The van der Waals surface area contributed by atoms with Crippen molar-refractivity contribution in [1.82, 2.24) is 20.1 Å². The Morgan fingerprint density at radius 2 is 2.00 bits per heavy atom. The van der Waals surface area contributed by atoms with Gasteiger partial charge in [0.1, 0.15) is 12.2 Å². The molecular formula is C18H24N4O3. The van der Waals surface area contributed by atoms with Gasteiger partial charge in [0, 0.05) is 24.6 Å². The Labute approximate surface area is 147 Å². The average molecular weight is 344 g/mol. The number of rotatable bonds is 9. The van der Waals surface area contributed by atoms with E-state index in [-0.39, 0.29) is 5.91 Å². The molecule has 1 fully saturated rings. The lowest BCUT2D eigenvalue weighted by molar-refractivity contribution is 0.0953. The fourth-order valence-corrected chi connectivity index (χ4v) is 2.69. The molecule has 1 heterocycles. The first-order valence-corrected chi connectivity index (χ1v) is 8.79. The van der Waals surface area contributed by atoms with E-state index in [0.717, 1.165) is 5.82 Å². The van der Waals surface area contributed by atoms with E-state index in [9.17, 15) is 4.79 Å². The number of aromatic nitrogens is 3. The van der Waals surface area contributed by atoms with Crippen molar-refractivity contribution in [2.75, 3.05) is 19.8 Å². The van der Waals surface area contributed by atoms with Crippen LogP contribution in [-0.2, 0) is 6.42 Å². The lowest BCUT2D eigenvalue weighted by Gasteiger charge is -2.12. The van der Waals surface area contributed by atoms with Crippen molar-refractivity contribution in [2.24, 2.45) is 0 Å². The second-order valence-electron chi connectivity index (χ2n) is 5.92. The molecule has 1 aromatic carbocycles. The number of benzene rings is 1. The maximum Gasteiger partial charge on any atom is 0.251 e. The smallest absolute Gasteiger partial charge is 0.251 e. The molecule has 1 amide bonds. The number of ether oxygens (including phenoxy) is 2. The molecule has 1 saturated carbocycles. The summed E-state index contributed by atoms with van der Waals surface area (Å²) in [5, 5.41) is 11.0. The number of nitrogens with zero attached hydrogens (tertiary/aromatic N) is 3. The first-order valence-electron chi connectivity index (χ1n) is 8.79. The van der Waals surface area contributed by atoms with Crippen LogP contribution in [0.3, 0.4) is 0 Å². The highest BCUT2D eigenvalue weighted by Crippen LogP contribution is 2.35. The summed E-state index contributed by atoms with van der Waals surface area (Å²) in [4.78, 5) is 12.4. The van der Waals surface area contributed by atoms with E-state index in [4.69, 9.17) is 9.47 Å². The van der Waals surface area contributed by atoms with E-state index in [0.29, 0.717) is 49.3 Å². The molecule has 7 heteroatoms. The number of hydrogen-bond donors (Lipinski definition) is 1. The third-order valence-electron chi connectivity index (χ3n) is 4.03. The molecule has 3 rings (SSSR count). The summed E-state index contributed by atoms with van der Waals surface area (Å²) < 4.78 is 13.2. The molecule has 0 aliphatic heterocycles. The summed E-state index contributed by atoms with van der Waals surface area (Å²) in [6, 6.07) is 5.78. The third kappa shape index (κ3) is 4.29. The van der Waals surface area contributed by atoms with Gasteiger partial charge in [-0.3, -0.25) is 4.79 Å². The van der Waals surface area contributed by atoms with Crippen molar-refractivity contribution in [2.45, 2.75) is 39.2 Å². The van der Waals surface area contributed by atoms with Gasteiger partial charge in [-0.1, -0.05) is 0 Å². The largest absolute Gasteiger partial charge is 0.490 e. The Morgan fingerprint density at radius 1 is 1.24 bits per heavy atom. The zero-order valence-electron chi connectivity index (χ0n) is 14.7. The monoisotopic (exact) mass is 344 g/mol. The number of amides is 1. The minimum atomic E-state index is -0.138. The second-order valence-corrected chi connectivity index (χ2v) is 5.92. The van der Waals surface area contributed by atoms with Crippen LogP contribution < -0.4 is 14.8 Å². The van der Waals surface area contributed by atoms with E-state index in [1.54, 1.807) is 24.5 Å². The van der Waals surface area contributed by atoms with Gasteiger partial charge < -0.3 is 19.4 Å². The van der Waals surface area contributed by atoms with Crippen molar-refractivity contribution in [1.29, 1.82) is 0 Å². The van der Waals surface area contributed by atoms with E-state index < -0.39 is 0 Å². The van der Waals surface area contributed by atoms with Crippen LogP contribution in [0.5, 0.6) is 11.5 Å². The van der Waals surface area contributed by atoms with Gasteiger partial charge in [-0.15, -0.1) is 10.2 Å². The molecule has 2 aromatic rings. The molecule has 0 unspecified atom stereocenters. The number of carbonyl (C=O) groups is 1. The lowest BCUT2D eigenvalue weighted by Crippen LogP contribution is -2.26. The molecule has 134 valence electrons. The first-order chi connectivity index (χ1) is 12.2. The van der Waals surface area contributed by atoms with Crippen molar-refractivity contribution in [3.05, 3.63) is 35.9 Å². The van der Waals surface area contributed by atoms with Crippen molar-refractivity contribution in [3.8, 4) is 11.5 Å². The van der Waals surface area contributed by atoms with Gasteiger partial charge in [0.25, 0.3) is 5.91 Å². The SMILES string of the molecule is CCOc1ccc(C(=O)NCCc2nncn2C2CC2)cc1OCC. The van der Waals surface area contributed by atoms with E-state index in [1.807, 2.05) is 13.8 Å². The van der Waals surface area contributed by atoms with Crippen molar-refractivity contribution < 1.29 is 14.3 Å². The van der Waals surface area contributed by atoms with Crippen LogP contribution in [0.15, 0.2) is 24.5 Å². The average Bonchev–Trinajstić information content (AvgIpc) is 3.35. The molecule has 0 spiro atoms. The highest BCUT2D eigenvalue weighted by Gasteiger charge is 2.25. The zero-order valence-corrected chi connectivity index (χ0v) is 14.7. The van der Waals surface area contributed by atoms with Crippen LogP contribution in [-0.4, -0.2) is 40.4 Å². The van der Waals surface area contributed by atoms with Crippen LogP contribution in [0.25, 0.3) is 0 Å². The Kier molecular flexibility index (Phi) is 5.53. The Bertz CT molecular complexity index is 725. The fraction of sp³-hybridized carbons (Fsp3) is 0.500. The maximum absolute atomic E-state index is 12.4. The minimum absolute atomic E-state index is 0.138. The molecule has 0 bridgehead atoms. The third-order valence-corrected chi connectivity index (χ3v) is 4.03. The predicted octanol–water partition coefficient (Wildman–Crippen LogP) is 2.38. The summed E-state index contributed by atoms with van der Waals surface area (Å²) in [6.07, 6.45) is 4.81. The van der Waals surface area contributed by atoms with Gasteiger partial charge in [-0.25, -0.2) is 0 Å². The summed E-state index contributed by atoms with van der Waals surface area (Å²) >= 11 is 0. The van der Waals surface area contributed by atoms with E-state index >= 15 is 0 Å². The number of nitrogens with one attached hydrogen (secondary N) is 1. The molecule has 1 aromatic heterocycles. The van der Waals surface area contributed by atoms with E-state index in [1.165, 1.54) is 12.8 Å². The van der Waals surface area contributed by atoms with Gasteiger partial charge >= 0.3 is 0 Å². The molecule has 1 aliphatic carbocycles. The lowest BCUT2D eigenvalue weighted by atomic mass is 10.2. The van der Waals surface area contributed by atoms with Crippen LogP contribution in [0.1, 0.15) is 48.9 Å². The zero-order chi connectivity index (χ0) is 17.6. The Balaban J connectivity index is 1.58. The normalized spacial score (nSPS) is 13.5. The number of hydrogen-bond acceptors (Lipinski definition) is 5. The van der Waals surface area contributed by atoms with Gasteiger partial charge in [0.2, 0.25) is 0 Å². The maximum atomic E-state index is 12.4. The summed E-state index contributed by atoms with van der Waals surface area (Å²) in [5.41, 5.74) is 0.551. The topological polar surface area (TPSA) is 78.3 Å². The summed E-state index contributed by atoms with van der Waals surface area (Å²) in [5.74, 6) is 2.02. The molecule has 0 saturated heterocycles. The highest BCUT2D eigenvalue weighted by molar-refractivity contribution is 5.94. The molecule has 0 atom stereocenters. The van der Waals surface area contributed by atoms with Gasteiger partial charge in [0.05, 0.1) is 13.2 Å². The fourth-order valence-electron chi connectivity index (χ4n) is 2.69. The molecule has 1 aliphatic rings. The van der Waals surface area contributed by atoms with Crippen LogP contribution in [0, 0.1) is 0 Å². The summed E-state index contributed by atoms with van der Waals surface area (Å²) in [6.45, 7) is 5.39. The van der Waals surface area contributed by atoms with E-state index in [2.05, 4.69) is 20.1 Å². The first kappa shape index (κ1) is 17.3. The van der Waals surface area contributed by atoms with Crippen LogP contribution in [0.4, 0.5) is 0 Å². The van der Waals surface area contributed by atoms with Gasteiger partial charge in [-0.2, -0.15) is 0 Å². The molecule has 0 radical (unpaired) electrons. The van der Waals surface area contributed by atoms with Gasteiger partial charge in [0.15, 0.2) is 11.5 Å². The molecule has 1 N–H and O–H groups in total. The van der Waals surface area contributed by atoms with Crippen LogP contribution >= 0.6 is 0 Å². The highest BCUT2D eigenvalue weighted by atomic mass is 16.5. The molecule has 7 nitrogen and oxygen atoms in total. The molecule has 25 heavy (non-hydrogen) atoms. The standard InChI is InChI=1S/C18H24N4O3/c1-3-24-15-8-5-13(11-16(15)25-4-2)18(23)19-10-9-17-21-20-12-22(17)14-6-7-14/h5,8,11-12,14H,3-4,6-7,9-10H2,1-2H3,(H,19,23). The Hall–Kier alpha value is -2.57. The Morgan fingerprint density at radius 3 is 2.72 bits per heavy atom. The molecular weight excluding hydrogens is 320 g/mol.